The summed E-state index contributed by atoms with van der Waals surface area (Å²) >= 11 is 0. The second-order valence-electron chi connectivity index (χ2n) is 9.08. The molecule has 2 heteroatoms. The van der Waals surface area contributed by atoms with E-state index in [9.17, 15) is 0 Å². The summed E-state index contributed by atoms with van der Waals surface area (Å²) in [5, 5.41) is 3.88. The molecule has 0 bridgehead atoms. The Balaban J connectivity index is 1.51. The quantitative estimate of drug-likeness (QED) is 0.799. The maximum absolute atomic E-state index is 3.88. The second kappa shape index (κ2) is 5.96. The third kappa shape index (κ3) is 5.04. The molecule has 1 aliphatic heterocycles. The average molecular weight is 278 g/mol. The highest BCUT2D eigenvalue weighted by Gasteiger charge is 2.33. The summed E-state index contributed by atoms with van der Waals surface area (Å²) in [6.45, 7) is 12.5. The van der Waals surface area contributed by atoms with Crippen LogP contribution in [0.15, 0.2) is 0 Å². The van der Waals surface area contributed by atoms with Crippen LogP contribution in [0.5, 0.6) is 0 Å². The molecular weight excluding hydrogens is 244 g/mol. The Morgan fingerprint density at radius 3 is 2.25 bits per heavy atom. The molecule has 0 radical (unpaired) electrons. The Kier molecular flexibility index (Phi) is 4.42. The van der Waals surface area contributed by atoms with Gasteiger partial charge in [-0.15, -0.1) is 0 Å². The summed E-state index contributed by atoms with van der Waals surface area (Å²) in [4.78, 5) is 2.78. The van der Waals surface area contributed by atoms with E-state index in [0.717, 1.165) is 23.8 Å². The third-order valence-electron chi connectivity index (χ3n) is 5.12. The van der Waals surface area contributed by atoms with Crippen molar-refractivity contribution in [2.45, 2.75) is 65.3 Å². The number of hydrogen-bond acceptors (Lipinski definition) is 2. The molecule has 0 amide bonds. The van der Waals surface area contributed by atoms with Crippen molar-refractivity contribution < 1.29 is 0 Å². The van der Waals surface area contributed by atoms with Gasteiger partial charge < -0.3 is 10.2 Å². The summed E-state index contributed by atoms with van der Waals surface area (Å²) in [7, 11) is 0. The van der Waals surface area contributed by atoms with E-state index in [1.807, 2.05) is 0 Å². The molecule has 3 fully saturated rings. The molecule has 1 N–H and O–H groups in total. The summed E-state index contributed by atoms with van der Waals surface area (Å²) in [5.41, 5.74) is 0.480. The predicted octanol–water partition coefficient (Wildman–Crippen LogP) is 3.52. The Labute approximate surface area is 125 Å². The molecule has 2 unspecified atom stereocenters. The van der Waals surface area contributed by atoms with E-state index >= 15 is 0 Å². The number of piperidine rings is 1. The second-order valence-corrected chi connectivity index (χ2v) is 9.08. The van der Waals surface area contributed by atoms with E-state index in [2.05, 4.69) is 31.0 Å². The van der Waals surface area contributed by atoms with Crippen LogP contribution >= 0.6 is 0 Å². The number of likely N-dealkylation sites (tertiary alicyclic amines) is 1. The van der Waals surface area contributed by atoms with Gasteiger partial charge in [0.25, 0.3) is 0 Å². The van der Waals surface area contributed by atoms with Crippen molar-refractivity contribution in [2.24, 2.45) is 23.2 Å². The molecule has 2 atom stereocenters. The minimum Gasteiger partial charge on any atom is -0.312 e. The summed E-state index contributed by atoms with van der Waals surface area (Å²) < 4.78 is 0. The lowest BCUT2D eigenvalue weighted by atomic mass is 9.80. The smallest absolute Gasteiger partial charge is 0.0198 e. The SMILES string of the molecule is CC(C)(C)CC1CC(NCC2CC2)CN(CC2CC2)C1. The Hall–Kier alpha value is -0.0800. The molecule has 2 nitrogen and oxygen atoms in total. The fourth-order valence-corrected chi connectivity index (χ4v) is 3.93. The van der Waals surface area contributed by atoms with E-state index < -0.39 is 0 Å². The standard InChI is InChI=1S/C18H34N2/c1-18(2,3)9-16-8-17(19-10-14-4-5-14)13-20(12-16)11-15-6-7-15/h14-17,19H,4-13H2,1-3H3. The number of rotatable bonds is 6. The van der Waals surface area contributed by atoms with Crippen LogP contribution in [0.3, 0.4) is 0 Å². The van der Waals surface area contributed by atoms with Gasteiger partial charge in [0.2, 0.25) is 0 Å². The van der Waals surface area contributed by atoms with Gasteiger partial charge in [-0.25, -0.2) is 0 Å². The minimum absolute atomic E-state index is 0.480. The maximum Gasteiger partial charge on any atom is 0.0198 e. The van der Waals surface area contributed by atoms with E-state index in [0.29, 0.717) is 5.41 Å². The fourth-order valence-electron chi connectivity index (χ4n) is 3.93. The van der Waals surface area contributed by atoms with Gasteiger partial charge >= 0.3 is 0 Å². The van der Waals surface area contributed by atoms with Crippen LogP contribution in [-0.2, 0) is 0 Å². The van der Waals surface area contributed by atoms with Gasteiger partial charge in [-0.2, -0.15) is 0 Å². The monoisotopic (exact) mass is 278 g/mol. The zero-order valence-electron chi connectivity index (χ0n) is 13.8. The van der Waals surface area contributed by atoms with Crippen LogP contribution in [-0.4, -0.2) is 37.1 Å². The van der Waals surface area contributed by atoms with Gasteiger partial charge in [0.15, 0.2) is 0 Å². The lowest BCUT2D eigenvalue weighted by Gasteiger charge is -2.40. The summed E-state index contributed by atoms with van der Waals surface area (Å²) in [5.74, 6) is 2.95. The van der Waals surface area contributed by atoms with Gasteiger partial charge in [-0.3, -0.25) is 0 Å². The Morgan fingerprint density at radius 1 is 0.950 bits per heavy atom. The van der Waals surface area contributed by atoms with E-state index in [4.69, 9.17) is 0 Å². The van der Waals surface area contributed by atoms with Gasteiger partial charge in [0, 0.05) is 25.7 Å². The van der Waals surface area contributed by atoms with Crippen LogP contribution in [0, 0.1) is 23.2 Å². The first-order chi connectivity index (χ1) is 9.48. The number of nitrogens with zero attached hydrogens (tertiary/aromatic N) is 1. The average Bonchev–Trinajstić information content (AvgIpc) is 3.19. The van der Waals surface area contributed by atoms with Crippen LogP contribution in [0.4, 0.5) is 0 Å². The van der Waals surface area contributed by atoms with Crippen molar-refractivity contribution in [3.8, 4) is 0 Å². The molecule has 1 heterocycles. The Morgan fingerprint density at radius 2 is 1.65 bits per heavy atom. The first kappa shape index (κ1) is 14.8. The predicted molar refractivity (Wildman–Crippen MR) is 85.9 cm³/mol. The largest absolute Gasteiger partial charge is 0.312 e. The highest BCUT2D eigenvalue weighted by molar-refractivity contribution is 4.89. The highest BCUT2D eigenvalue weighted by atomic mass is 15.2. The van der Waals surface area contributed by atoms with E-state index in [1.54, 1.807) is 0 Å². The molecule has 0 aromatic carbocycles. The summed E-state index contributed by atoms with van der Waals surface area (Å²) in [6.07, 6.45) is 8.70. The number of hydrogen-bond donors (Lipinski definition) is 1. The maximum atomic E-state index is 3.88. The molecule has 0 spiro atoms. The van der Waals surface area contributed by atoms with Crippen molar-refractivity contribution in [3.63, 3.8) is 0 Å². The minimum atomic E-state index is 0.480. The molecule has 2 aliphatic carbocycles. The van der Waals surface area contributed by atoms with E-state index in [-0.39, 0.29) is 0 Å². The van der Waals surface area contributed by atoms with Gasteiger partial charge in [0.1, 0.15) is 0 Å². The molecule has 3 aliphatic rings. The van der Waals surface area contributed by atoms with Crippen LogP contribution in [0.25, 0.3) is 0 Å². The topological polar surface area (TPSA) is 15.3 Å². The first-order valence-corrected chi connectivity index (χ1v) is 8.94. The lowest BCUT2D eigenvalue weighted by molar-refractivity contribution is 0.109. The van der Waals surface area contributed by atoms with Crippen LogP contribution < -0.4 is 5.32 Å². The van der Waals surface area contributed by atoms with Gasteiger partial charge in [0.05, 0.1) is 0 Å². The van der Waals surface area contributed by atoms with E-state index in [1.165, 1.54) is 64.7 Å². The molecule has 1 saturated heterocycles. The molecule has 3 rings (SSSR count). The first-order valence-electron chi connectivity index (χ1n) is 8.94. The molecule has 2 saturated carbocycles. The van der Waals surface area contributed by atoms with Crippen LogP contribution in [0.2, 0.25) is 0 Å². The van der Waals surface area contributed by atoms with Gasteiger partial charge in [-0.05, 0) is 68.2 Å². The Bertz CT molecular complexity index is 312. The van der Waals surface area contributed by atoms with Crippen LogP contribution in [0.1, 0.15) is 59.3 Å². The van der Waals surface area contributed by atoms with Crippen molar-refractivity contribution in [1.82, 2.24) is 10.2 Å². The zero-order valence-corrected chi connectivity index (χ0v) is 13.8. The number of nitrogens with one attached hydrogen (secondary N) is 1. The fraction of sp³-hybridized carbons (Fsp3) is 1.00. The zero-order chi connectivity index (χ0) is 14.2. The third-order valence-corrected chi connectivity index (χ3v) is 5.12. The lowest BCUT2D eigenvalue weighted by Crippen LogP contribution is -2.50. The molecule has 116 valence electrons. The molecule has 0 aromatic heterocycles. The van der Waals surface area contributed by atoms with Crippen molar-refractivity contribution in [1.29, 1.82) is 0 Å². The van der Waals surface area contributed by atoms with Crippen molar-refractivity contribution in [3.05, 3.63) is 0 Å². The van der Waals surface area contributed by atoms with Gasteiger partial charge in [-0.1, -0.05) is 20.8 Å². The van der Waals surface area contributed by atoms with Crippen molar-refractivity contribution in [2.75, 3.05) is 26.2 Å². The molecular formula is C18H34N2. The van der Waals surface area contributed by atoms with Crippen molar-refractivity contribution >= 4 is 0 Å². The normalized spacial score (nSPS) is 32.5. The highest BCUT2D eigenvalue weighted by Crippen LogP contribution is 2.34. The molecule has 0 aromatic rings. The summed E-state index contributed by atoms with van der Waals surface area (Å²) in [6, 6.07) is 0.760. The molecule has 20 heavy (non-hydrogen) atoms.